The fraction of sp³-hybridized carbons (Fsp3) is 0.640. The van der Waals surface area contributed by atoms with E-state index in [1.807, 2.05) is 0 Å². The number of carbonyl (C=O) groups is 1. The van der Waals surface area contributed by atoms with E-state index in [1.54, 1.807) is 5.57 Å². The van der Waals surface area contributed by atoms with Gasteiger partial charge in [-0.05, 0) is 67.7 Å². The van der Waals surface area contributed by atoms with Crippen molar-refractivity contribution in [3.8, 4) is 5.75 Å². The third-order valence-electron chi connectivity index (χ3n) is 8.09. The monoisotopic (exact) mass is 392 g/mol. The molecular weight excluding hydrogens is 360 g/mol. The first-order valence-corrected chi connectivity index (χ1v) is 11.7. The van der Waals surface area contributed by atoms with Gasteiger partial charge in [-0.1, -0.05) is 30.2 Å². The molecular formula is C25H32N2O2. The Bertz CT molecular complexity index is 847. The molecule has 4 heterocycles. The van der Waals surface area contributed by atoms with Crippen LogP contribution in [0.1, 0.15) is 49.7 Å². The molecule has 4 heteroatoms. The van der Waals surface area contributed by atoms with Crippen LogP contribution in [0, 0.1) is 11.8 Å². The molecule has 0 radical (unpaired) electrons. The first kappa shape index (κ1) is 18.0. The summed E-state index contributed by atoms with van der Waals surface area (Å²) in [6.45, 7) is 4.16. The van der Waals surface area contributed by atoms with E-state index in [1.165, 1.54) is 50.8 Å². The molecule has 154 valence electrons. The van der Waals surface area contributed by atoms with Crippen molar-refractivity contribution in [2.45, 2.75) is 63.5 Å². The maximum atomic E-state index is 13.4. The molecule has 1 aromatic rings. The fourth-order valence-corrected chi connectivity index (χ4v) is 6.88. The number of piperidine rings is 3. The van der Waals surface area contributed by atoms with Crippen molar-refractivity contribution < 1.29 is 9.53 Å². The molecule has 4 atom stereocenters. The van der Waals surface area contributed by atoms with Gasteiger partial charge in [0.05, 0.1) is 19.1 Å². The lowest BCUT2D eigenvalue weighted by molar-refractivity contribution is -0.135. The van der Waals surface area contributed by atoms with Crippen LogP contribution in [0.4, 0.5) is 0 Å². The van der Waals surface area contributed by atoms with E-state index in [2.05, 4.69) is 34.1 Å². The predicted octanol–water partition coefficient (Wildman–Crippen LogP) is 3.59. The minimum atomic E-state index is 0.318. The van der Waals surface area contributed by atoms with E-state index in [0.29, 0.717) is 24.3 Å². The molecule has 4 nitrogen and oxygen atoms in total. The Morgan fingerprint density at radius 1 is 1.14 bits per heavy atom. The highest BCUT2D eigenvalue weighted by molar-refractivity contribution is 5.80. The number of likely N-dealkylation sites (tertiary alicyclic amines) is 1. The summed E-state index contributed by atoms with van der Waals surface area (Å²) < 4.78 is 5.63. The number of carbonyl (C=O) groups excluding carboxylic acids is 1. The number of hydrogen-bond donors (Lipinski definition) is 0. The van der Waals surface area contributed by atoms with E-state index in [9.17, 15) is 4.79 Å². The molecule has 29 heavy (non-hydrogen) atoms. The van der Waals surface area contributed by atoms with Crippen LogP contribution in [-0.2, 0) is 17.6 Å². The minimum absolute atomic E-state index is 0.318. The summed E-state index contributed by atoms with van der Waals surface area (Å²) in [6.07, 6.45) is 11.8. The lowest BCUT2D eigenvalue weighted by atomic mass is 9.68. The number of benzene rings is 1. The highest BCUT2D eigenvalue weighted by atomic mass is 16.5. The molecule has 6 rings (SSSR count). The Morgan fingerprint density at radius 2 is 2.10 bits per heavy atom. The van der Waals surface area contributed by atoms with Gasteiger partial charge < -0.3 is 9.64 Å². The van der Waals surface area contributed by atoms with Crippen molar-refractivity contribution in [2.75, 3.05) is 26.2 Å². The van der Waals surface area contributed by atoms with Gasteiger partial charge in [0, 0.05) is 25.6 Å². The van der Waals surface area contributed by atoms with Crippen molar-refractivity contribution in [3.05, 3.63) is 41.0 Å². The van der Waals surface area contributed by atoms with Gasteiger partial charge in [0.1, 0.15) is 5.75 Å². The SMILES string of the molecule is O=C(Cc1ccc2c(c1)CCO2)N1CCCC2=CC3CC(CN4CCCCC34)C21. The number of nitrogens with zero attached hydrogens (tertiary/aromatic N) is 2. The molecule has 4 aliphatic heterocycles. The first-order chi connectivity index (χ1) is 14.3. The zero-order chi connectivity index (χ0) is 19.4. The Morgan fingerprint density at radius 3 is 3.07 bits per heavy atom. The van der Waals surface area contributed by atoms with Crippen LogP contribution in [0.25, 0.3) is 0 Å². The van der Waals surface area contributed by atoms with E-state index >= 15 is 0 Å². The van der Waals surface area contributed by atoms with Crippen molar-refractivity contribution in [1.82, 2.24) is 9.80 Å². The van der Waals surface area contributed by atoms with E-state index in [-0.39, 0.29) is 0 Å². The quantitative estimate of drug-likeness (QED) is 0.721. The van der Waals surface area contributed by atoms with Gasteiger partial charge in [-0.3, -0.25) is 9.69 Å². The summed E-state index contributed by atoms with van der Waals surface area (Å²) in [4.78, 5) is 18.4. The second kappa shape index (κ2) is 7.16. The second-order valence-electron chi connectivity index (χ2n) is 9.81. The average molecular weight is 393 g/mol. The van der Waals surface area contributed by atoms with Crippen molar-refractivity contribution >= 4 is 5.91 Å². The summed E-state index contributed by atoms with van der Waals surface area (Å²) >= 11 is 0. The number of ether oxygens (including phenoxy) is 1. The highest BCUT2D eigenvalue weighted by Gasteiger charge is 2.46. The predicted molar refractivity (Wildman–Crippen MR) is 113 cm³/mol. The Labute approximate surface area is 173 Å². The van der Waals surface area contributed by atoms with Gasteiger partial charge in [-0.25, -0.2) is 0 Å². The highest BCUT2D eigenvalue weighted by Crippen LogP contribution is 2.45. The molecule has 0 N–H and O–H groups in total. The summed E-state index contributed by atoms with van der Waals surface area (Å²) in [6, 6.07) is 7.45. The normalized spacial score (nSPS) is 33.2. The van der Waals surface area contributed by atoms with E-state index in [4.69, 9.17) is 4.74 Å². The largest absolute Gasteiger partial charge is 0.493 e. The fourth-order valence-electron chi connectivity index (χ4n) is 6.88. The van der Waals surface area contributed by atoms with Gasteiger partial charge >= 0.3 is 0 Å². The van der Waals surface area contributed by atoms with E-state index < -0.39 is 0 Å². The zero-order valence-corrected chi connectivity index (χ0v) is 17.3. The van der Waals surface area contributed by atoms with Crippen LogP contribution < -0.4 is 4.74 Å². The van der Waals surface area contributed by atoms with Crippen LogP contribution in [0.3, 0.4) is 0 Å². The van der Waals surface area contributed by atoms with Crippen LogP contribution in [0.2, 0.25) is 0 Å². The van der Waals surface area contributed by atoms with Crippen LogP contribution >= 0.6 is 0 Å². The van der Waals surface area contributed by atoms with Crippen LogP contribution in [0.5, 0.6) is 5.75 Å². The molecule has 1 amide bonds. The molecule has 1 aromatic carbocycles. The number of fused-ring (bicyclic) bond motifs is 7. The summed E-state index contributed by atoms with van der Waals surface area (Å²) in [5.74, 6) is 2.68. The third kappa shape index (κ3) is 3.11. The smallest absolute Gasteiger partial charge is 0.227 e. The van der Waals surface area contributed by atoms with Crippen LogP contribution in [0.15, 0.2) is 29.8 Å². The van der Waals surface area contributed by atoms with E-state index in [0.717, 1.165) is 49.3 Å². The van der Waals surface area contributed by atoms with Gasteiger partial charge in [-0.2, -0.15) is 0 Å². The lowest BCUT2D eigenvalue weighted by Gasteiger charge is -2.54. The Balaban J connectivity index is 1.24. The molecule has 0 aromatic heterocycles. The molecule has 3 saturated heterocycles. The maximum absolute atomic E-state index is 13.4. The summed E-state index contributed by atoms with van der Waals surface area (Å²) in [5.41, 5.74) is 3.99. The Hall–Kier alpha value is -1.81. The van der Waals surface area contributed by atoms with Gasteiger partial charge in [0.2, 0.25) is 5.91 Å². The van der Waals surface area contributed by atoms with Gasteiger partial charge in [0.25, 0.3) is 0 Å². The van der Waals surface area contributed by atoms with Crippen molar-refractivity contribution in [2.24, 2.45) is 11.8 Å². The van der Waals surface area contributed by atoms with Crippen molar-refractivity contribution in [1.29, 1.82) is 0 Å². The molecule has 3 fully saturated rings. The average Bonchev–Trinajstić information content (AvgIpc) is 3.21. The molecule has 5 aliphatic rings. The lowest BCUT2D eigenvalue weighted by Crippen LogP contribution is -2.60. The van der Waals surface area contributed by atoms with Gasteiger partial charge in [-0.15, -0.1) is 0 Å². The maximum Gasteiger partial charge on any atom is 0.227 e. The van der Waals surface area contributed by atoms with Crippen LogP contribution in [-0.4, -0.2) is 54.0 Å². The third-order valence-corrected chi connectivity index (χ3v) is 8.09. The number of rotatable bonds is 2. The zero-order valence-electron chi connectivity index (χ0n) is 17.3. The molecule has 1 aliphatic carbocycles. The molecule has 2 bridgehead atoms. The second-order valence-corrected chi connectivity index (χ2v) is 9.81. The minimum Gasteiger partial charge on any atom is -0.493 e. The molecule has 0 spiro atoms. The Kier molecular flexibility index (Phi) is 4.44. The summed E-state index contributed by atoms with van der Waals surface area (Å²) in [5, 5.41) is 0. The van der Waals surface area contributed by atoms with Gasteiger partial charge in [0.15, 0.2) is 0 Å². The standard InChI is InChI=1S/C25H32N2O2/c28-24(13-17-6-7-23-18(12-17)8-11-29-23)27-10-3-4-19-14-20-15-21(25(19)27)16-26-9-2-1-5-22(20)26/h6-7,12,14,20-22,25H,1-5,8-11,13,15-16H2. The topological polar surface area (TPSA) is 32.8 Å². The molecule has 0 saturated carbocycles. The number of amides is 1. The number of hydrogen-bond acceptors (Lipinski definition) is 3. The summed E-state index contributed by atoms with van der Waals surface area (Å²) in [7, 11) is 0. The molecule has 4 unspecified atom stereocenters. The van der Waals surface area contributed by atoms with Crippen molar-refractivity contribution in [3.63, 3.8) is 0 Å². The first-order valence-electron chi connectivity index (χ1n) is 11.7.